The Kier molecular flexibility index (Phi) is 3.88. The van der Waals surface area contributed by atoms with Crippen LogP contribution < -0.4 is 5.56 Å². The number of hydrogen-bond acceptors (Lipinski definition) is 2. The number of rotatable bonds is 3. The van der Waals surface area contributed by atoms with Crippen molar-refractivity contribution in [1.82, 2.24) is 9.55 Å². The predicted octanol–water partition coefficient (Wildman–Crippen LogP) is 3.77. The summed E-state index contributed by atoms with van der Waals surface area (Å²) >= 11 is 0. The molecule has 0 unspecified atom stereocenters. The lowest BCUT2D eigenvalue weighted by molar-refractivity contribution is 0.900. The summed E-state index contributed by atoms with van der Waals surface area (Å²) in [5.74, 6) is 0.689. The molecule has 0 bridgehead atoms. The van der Waals surface area contributed by atoms with E-state index in [1.165, 1.54) is 0 Å². The van der Waals surface area contributed by atoms with Gasteiger partial charge >= 0.3 is 0 Å². The highest BCUT2D eigenvalue weighted by Gasteiger charge is 2.11. The van der Waals surface area contributed by atoms with Crippen LogP contribution in [0.25, 0.3) is 17.1 Å². The largest absolute Gasteiger partial charge is 0.269 e. The van der Waals surface area contributed by atoms with Crippen molar-refractivity contribution in [2.24, 2.45) is 0 Å². The van der Waals surface area contributed by atoms with E-state index in [-0.39, 0.29) is 5.56 Å². The normalized spacial score (nSPS) is 10.6. The van der Waals surface area contributed by atoms with Gasteiger partial charge in [0, 0.05) is 17.3 Å². The quantitative estimate of drug-likeness (QED) is 0.736. The molecule has 1 aromatic heterocycles. The average molecular weight is 290 g/mol. The molecule has 0 aliphatic rings. The van der Waals surface area contributed by atoms with Crippen molar-refractivity contribution < 1.29 is 0 Å². The molecule has 3 aromatic rings. The summed E-state index contributed by atoms with van der Waals surface area (Å²) in [6.45, 7) is 4.04. The van der Waals surface area contributed by atoms with Gasteiger partial charge in [0.15, 0.2) is 0 Å². The van der Waals surface area contributed by atoms with Gasteiger partial charge in [0.1, 0.15) is 5.82 Å². The Balaban J connectivity index is 2.29. The van der Waals surface area contributed by atoms with E-state index in [9.17, 15) is 4.79 Å². The molecule has 0 fully saturated rings. The van der Waals surface area contributed by atoms with Crippen LogP contribution in [0.5, 0.6) is 0 Å². The van der Waals surface area contributed by atoms with Crippen LogP contribution in [-0.2, 0) is 6.42 Å². The van der Waals surface area contributed by atoms with E-state index in [0.29, 0.717) is 5.82 Å². The maximum absolute atomic E-state index is 12.6. The molecule has 0 atom stereocenters. The molecule has 3 nitrogen and oxygen atoms in total. The molecule has 2 aromatic carbocycles. The molecule has 1 heterocycles. The predicted molar refractivity (Wildman–Crippen MR) is 89.4 cm³/mol. The van der Waals surface area contributed by atoms with Gasteiger partial charge in [0.05, 0.1) is 5.69 Å². The van der Waals surface area contributed by atoms with Gasteiger partial charge in [-0.3, -0.25) is 9.36 Å². The summed E-state index contributed by atoms with van der Waals surface area (Å²) in [7, 11) is 0. The van der Waals surface area contributed by atoms with Gasteiger partial charge in [-0.1, -0.05) is 55.0 Å². The van der Waals surface area contributed by atoms with Crippen molar-refractivity contribution in [3.05, 3.63) is 82.3 Å². The minimum absolute atomic E-state index is 0.0467. The maximum atomic E-state index is 12.6. The first-order valence-electron chi connectivity index (χ1n) is 7.44. The van der Waals surface area contributed by atoms with E-state index in [0.717, 1.165) is 28.9 Å². The Hall–Kier alpha value is -2.68. The molecule has 0 aliphatic heterocycles. The maximum Gasteiger partial charge on any atom is 0.258 e. The number of nitrogens with zero attached hydrogens (tertiary/aromatic N) is 2. The highest BCUT2D eigenvalue weighted by Crippen LogP contribution is 2.19. The number of aryl methyl sites for hydroxylation is 2. The third-order valence-corrected chi connectivity index (χ3v) is 3.66. The molecule has 0 saturated carbocycles. The summed E-state index contributed by atoms with van der Waals surface area (Å²) in [5, 5.41) is 0. The topological polar surface area (TPSA) is 34.9 Å². The van der Waals surface area contributed by atoms with Gasteiger partial charge in [0.2, 0.25) is 0 Å². The first-order valence-corrected chi connectivity index (χ1v) is 7.44. The second-order valence-electron chi connectivity index (χ2n) is 5.30. The molecule has 110 valence electrons. The van der Waals surface area contributed by atoms with Gasteiger partial charge < -0.3 is 0 Å². The molecular formula is C19H18N2O. The number of benzene rings is 2. The van der Waals surface area contributed by atoms with Crippen molar-refractivity contribution in [3.63, 3.8) is 0 Å². The van der Waals surface area contributed by atoms with Crippen molar-refractivity contribution >= 4 is 0 Å². The summed E-state index contributed by atoms with van der Waals surface area (Å²) < 4.78 is 1.67. The Morgan fingerprint density at radius 1 is 1.00 bits per heavy atom. The average Bonchev–Trinajstić information content (AvgIpc) is 2.56. The zero-order valence-corrected chi connectivity index (χ0v) is 12.8. The molecule has 0 spiro atoms. The third-order valence-electron chi connectivity index (χ3n) is 3.66. The Bertz CT molecular complexity index is 834. The van der Waals surface area contributed by atoms with E-state index in [4.69, 9.17) is 0 Å². The standard InChI is InChI=1S/C19H18N2O/c1-3-16-13-18(22)21(17-11-9-14(2)10-12-17)19(20-16)15-7-5-4-6-8-15/h4-13H,3H2,1-2H3. The lowest BCUT2D eigenvalue weighted by atomic mass is 10.1. The van der Waals surface area contributed by atoms with Crippen LogP contribution in [0.4, 0.5) is 0 Å². The van der Waals surface area contributed by atoms with Crippen LogP contribution in [-0.4, -0.2) is 9.55 Å². The third kappa shape index (κ3) is 2.70. The molecular weight excluding hydrogens is 272 g/mol. The molecule has 0 amide bonds. The van der Waals surface area contributed by atoms with E-state index in [1.807, 2.05) is 68.4 Å². The van der Waals surface area contributed by atoms with Crippen LogP contribution >= 0.6 is 0 Å². The fraction of sp³-hybridized carbons (Fsp3) is 0.158. The summed E-state index contributed by atoms with van der Waals surface area (Å²) in [6, 6.07) is 19.4. The zero-order chi connectivity index (χ0) is 15.5. The molecule has 3 rings (SSSR count). The van der Waals surface area contributed by atoms with Crippen LogP contribution in [0.1, 0.15) is 18.2 Å². The van der Waals surface area contributed by atoms with Gasteiger partial charge in [-0.05, 0) is 25.5 Å². The first-order chi connectivity index (χ1) is 10.7. The Morgan fingerprint density at radius 2 is 1.68 bits per heavy atom. The summed E-state index contributed by atoms with van der Waals surface area (Å²) in [6.07, 6.45) is 0.740. The fourth-order valence-corrected chi connectivity index (χ4v) is 2.44. The van der Waals surface area contributed by atoms with Gasteiger partial charge in [-0.15, -0.1) is 0 Å². The summed E-state index contributed by atoms with van der Waals surface area (Å²) in [5.41, 5.74) is 3.71. The van der Waals surface area contributed by atoms with E-state index in [2.05, 4.69) is 4.98 Å². The number of aromatic nitrogens is 2. The van der Waals surface area contributed by atoms with E-state index < -0.39 is 0 Å². The highest BCUT2D eigenvalue weighted by molar-refractivity contribution is 5.58. The van der Waals surface area contributed by atoms with Crippen LogP contribution in [0.2, 0.25) is 0 Å². The van der Waals surface area contributed by atoms with Crippen LogP contribution in [0, 0.1) is 6.92 Å². The summed E-state index contributed by atoms with van der Waals surface area (Å²) in [4.78, 5) is 17.3. The number of hydrogen-bond donors (Lipinski definition) is 0. The Labute approximate surface area is 129 Å². The SMILES string of the molecule is CCc1cc(=O)n(-c2ccc(C)cc2)c(-c2ccccc2)n1. The molecule has 22 heavy (non-hydrogen) atoms. The fourth-order valence-electron chi connectivity index (χ4n) is 2.44. The van der Waals surface area contributed by atoms with E-state index in [1.54, 1.807) is 10.6 Å². The monoisotopic (exact) mass is 290 g/mol. The highest BCUT2D eigenvalue weighted by atomic mass is 16.1. The molecule has 0 aliphatic carbocycles. The van der Waals surface area contributed by atoms with Crippen molar-refractivity contribution in [2.45, 2.75) is 20.3 Å². The van der Waals surface area contributed by atoms with Crippen LogP contribution in [0.3, 0.4) is 0 Å². The minimum Gasteiger partial charge on any atom is -0.269 e. The first kappa shape index (κ1) is 14.3. The van der Waals surface area contributed by atoms with Crippen molar-refractivity contribution in [2.75, 3.05) is 0 Å². The molecule has 3 heteroatoms. The zero-order valence-electron chi connectivity index (χ0n) is 12.8. The van der Waals surface area contributed by atoms with Crippen molar-refractivity contribution in [3.8, 4) is 17.1 Å². The molecule has 0 saturated heterocycles. The van der Waals surface area contributed by atoms with Crippen LogP contribution in [0.15, 0.2) is 65.5 Å². The van der Waals surface area contributed by atoms with Gasteiger partial charge in [0.25, 0.3) is 5.56 Å². The van der Waals surface area contributed by atoms with E-state index >= 15 is 0 Å². The molecule has 0 radical (unpaired) electrons. The minimum atomic E-state index is -0.0467. The Morgan fingerprint density at radius 3 is 2.32 bits per heavy atom. The smallest absolute Gasteiger partial charge is 0.258 e. The van der Waals surface area contributed by atoms with Gasteiger partial charge in [-0.2, -0.15) is 0 Å². The molecule has 0 N–H and O–H groups in total. The van der Waals surface area contributed by atoms with Gasteiger partial charge in [-0.25, -0.2) is 4.98 Å². The lowest BCUT2D eigenvalue weighted by Crippen LogP contribution is -2.22. The lowest BCUT2D eigenvalue weighted by Gasteiger charge is -2.13. The second-order valence-corrected chi connectivity index (χ2v) is 5.30. The van der Waals surface area contributed by atoms with Crippen molar-refractivity contribution in [1.29, 1.82) is 0 Å². The second kappa shape index (κ2) is 5.98.